The lowest BCUT2D eigenvalue weighted by atomic mass is 10.0. The Morgan fingerprint density at radius 3 is 3.05 bits per heavy atom. The molecule has 19 heavy (non-hydrogen) atoms. The molecule has 1 amide bonds. The van der Waals surface area contributed by atoms with Crippen LogP contribution in [0.1, 0.15) is 36.0 Å². The first-order valence-electron chi connectivity index (χ1n) is 6.94. The van der Waals surface area contributed by atoms with E-state index in [0.717, 1.165) is 32.4 Å². The molecule has 0 aromatic carbocycles. The van der Waals surface area contributed by atoms with Crippen molar-refractivity contribution >= 4 is 5.91 Å². The average molecular weight is 261 g/mol. The van der Waals surface area contributed by atoms with Crippen LogP contribution in [0.4, 0.5) is 0 Å². The van der Waals surface area contributed by atoms with Crippen LogP contribution >= 0.6 is 0 Å². The number of carbonyl (C=O) groups is 1. The lowest BCUT2D eigenvalue weighted by molar-refractivity contribution is 0.0708. The molecule has 2 unspecified atom stereocenters. The zero-order valence-electron chi connectivity index (χ0n) is 10.9. The maximum Gasteiger partial charge on any atom is 0.258 e. The van der Waals surface area contributed by atoms with Crippen molar-refractivity contribution in [3.63, 3.8) is 0 Å². The van der Waals surface area contributed by atoms with E-state index in [1.54, 1.807) is 12.3 Å². The van der Waals surface area contributed by atoms with Crippen LogP contribution in [0.2, 0.25) is 0 Å². The summed E-state index contributed by atoms with van der Waals surface area (Å²) in [6, 6.07) is 2.27. The van der Waals surface area contributed by atoms with Gasteiger partial charge in [-0.15, -0.1) is 0 Å². The lowest BCUT2D eigenvalue weighted by Crippen LogP contribution is -2.46. The Labute approximate surface area is 112 Å². The third kappa shape index (κ3) is 2.30. The van der Waals surface area contributed by atoms with Crippen LogP contribution < -0.4 is 5.32 Å². The van der Waals surface area contributed by atoms with Gasteiger partial charge in [-0.3, -0.25) is 9.78 Å². The Bertz CT molecular complexity index is 472. The van der Waals surface area contributed by atoms with Crippen LogP contribution in [-0.4, -0.2) is 46.1 Å². The molecule has 3 heterocycles. The van der Waals surface area contributed by atoms with Gasteiger partial charge in [-0.1, -0.05) is 0 Å². The standard InChI is InChI=1S/C14H19N3O2/c18-13-9-15-7-5-10(13)14(19)17-8-2-4-12(17)11-3-1-6-16-11/h5,7,9,11-12,16,18H,1-4,6,8H2. The fourth-order valence-corrected chi connectivity index (χ4v) is 3.22. The van der Waals surface area contributed by atoms with E-state index in [1.165, 1.54) is 12.6 Å². The van der Waals surface area contributed by atoms with Gasteiger partial charge in [-0.25, -0.2) is 0 Å². The smallest absolute Gasteiger partial charge is 0.258 e. The van der Waals surface area contributed by atoms with Crippen molar-refractivity contribution in [3.8, 4) is 5.75 Å². The highest BCUT2D eigenvalue weighted by Crippen LogP contribution is 2.28. The van der Waals surface area contributed by atoms with Crippen molar-refractivity contribution in [2.75, 3.05) is 13.1 Å². The van der Waals surface area contributed by atoms with Crippen molar-refractivity contribution in [3.05, 3.63) is 24.0 Å². The zero-order chi connectivity index (χ0) is 13.2. The second kappa shape index (κ2) is 5.17. The Morgan fingerprint density at radius 1 is 1.42 bits per heavy atom. The number of aromatic hydroxyl groups is 1. The fourth-order valence-electron chi connectivity index (χ4n) is 3.22. The van der Waals surface area contributed by atoms with E-state index >= 15 is 0 Å². The molecule has 0 saturated carbocycles. The second-order valence-corrected chi connectivity index (χ2v) is 5.30. The van der Waals surface area contributed by atoms with Gasteiger partial charge in [0.15, 0.2) is 0 Å². The molecular formula is C14H19N3O2. The summed E-state index contributed by atoms with van der Waals surface area (Å²) in [5.41, 5.74) is 0.361. The number of pyridine rings is 1. The summed E-state index contributed by atoms with van der Waals surface area (Å²) in [5, 5.41) is 13.2. The quantitative estimate of drug-likeness (QED) is 0.838. The molecule has 102 valence electrons. The number of aromatic nitrogens is 1. The van der Waals surface area contributed by atoms with Gasteiger partial charge in [0.2, 0.25) is 0 Å². The Morgan fingerprint density at radius 2 is 2.32 bits per heavy atom. The van der Waals surface area contributed by atoms with Gasteiger partial charge in [0.25, 0.3) is 5.91 Å². The number of hydrogen-bond donors (Lipinski definition) is 2. The molecule has 0 bridgehead atoms. The number of likely N-dealkylation sites (tertiary alicyclic amines) is 1. The summed E-state index contributed by atoms with van der Waals surface area (Å²) in [5.74, 6) is -0.103. The van der Waals surface area contributed by atoms with Crippen molar-refractivity contribution in [2.24, 2.45) is 0 Å². The first-order chi connectivity index (χ1) is 9.27. The van der Waals surface area contributed by atoms with Crippen LogP contribution in [0.3, 0.4) is 0 Å². The van der Waals surface area contributed by atoms with E-state index < -0.39 is 0 Å². The molecule has 2 aliphatic heterocycles. The zero-order valence-corrected chi connectivity index (χ0v) is 10.9. The van der Waals surface area contributed by atoms with Gasteiger partial charge in [0.1, 0.15) is 5.75 Å². The minimum Gasteiger partial charge on any atom is -0.505 e. The normalized spacial score (nSPS) is 26.8. The lowest BCUT2D eigenvalue weighted by Gasteiger charge is -2.29. The average Bonchev–Trinajstić information content (AvgIpc) is 3.09. The summed E-state index contributed by atoms with van der Waals surface area (Å²) in [6.07, 6.45) is 7.29. The molecule has 1 aromatic heterocycles. The molecule has 2 atom stereocenters. The maximum absolute atomic E-state index is 12.5. The molecule has 2 N–H and O–H groups in total. The molecular weight excluding hydrogens is 242 g/mol. The first kappa shape index (κ1) is 12.4. The Balaban J connectivity index is 1.80. The topological polar surface area (TPSA) is 65.5 Å². The number of carbonyl (C=O) groups excluding carboxylic acids is 1. The summed E-state index contributed by atoms with van der Waals surface area (Å²) in [7, 11) is 0. The Hall–Kier alpha value is -1.62. The fraction of sp³-hybridized carbons (Fsp3) is 0.571. The van der Waals surface area contributed by atoms with Gasteiger partial charge < -0.3 is 15.3 Å². The molecule has 0 aliphatic carbocycles. The summed E-state index contributed by atoms with van der Waals surface area (Å²) in [4.78, 5) is 18.3. The molecule has 2 aliphatic rings. The molecule has 5 nitrogen and oxygen atoms in total. The highest BCUT2D eigenvalue weighted by Gasteiger charge is 2.36. The molecule has 0 spiro atoms. The van der Waals surface area contributed by atoms with Crippen LogP contribution in [0, 0.1) is 0 Å². The maximum atomic E-state index is 12.5. The molecule has 0 radical (unpaired) electrons. The van der Waals surface area contributed by atoms with Crippen LogP contribution in [0.15, 0.2) is 18.5 Å². The van der Waals surface area contributed by atoms with Gasteiger partial charge in [-0.2, -0.15) is 0 Å². The molecule has 1 aromatic rings. The summed E-state index contributed by atoms with van der Waals surface area (Å²) < 4.78 is 0. The summed E-state index contributed by atoms with van der Waals surface area (Å²) >= 11 is 0. The third-order valence-electron chi connectivity index (χ3n) is 4.15. The van der Waals surface area contributed by atoms with E-state index in [4.69, 9.17) is 0 Å². The van der Waals surface area contributed by atoms with Crippen LogP contribution in [0.5, 0.6) is 5.75 Å². The minimum atomic E-state index is -0.0731. The van der Waals surface area contributed by atoms with Gasteiger partial charge in [0.05, 0.1) is 11.8 Å². The van der Waals surface area contributed by atoms with E-state index in [0.29, 0.717) is 11.6 Å². The van der Waals surface area contributed by atoms with Crippen LogP contribution in [0.25, 0.3) is 0 Å². The second-order valence-electron chi connectivity index (χ2n) is 5.30. The number of hydrogen-bond acceptors (Lipinski definition) is 4. The SMILES string of the molecule is O=C(c1ccncc1O)N1CCCC1C1CCCN1. The highest BCUT2D eigenvalue weighted by molar-refractivity contribution is 5.97. The molecule has 2 saturated heterocycles. The van der Waals surface area contributed by atoms with Crippen LogP contribution in [-0.2, 0) is 0 Å². The minimum absolute atomic E-state index is 0.0301. The van der Waals surface area contributed by atoms with Crippen molar-refractivity contribution < 1.29 is 9.90 Å². The van der Waals surface area contributed by atoms with Gasteiger partial charge in [0, 0.05) is 24.8 Å². The van der Waals surface area contributed by atoms with Crippen molar-refractivity contribution in [2.45, 2.75) is 37.8 Å². The van der Waals surface area contributed by atoms with Crippen molar-refractivity contribution in [1.29, 1.82) is 0 Å². The molecule has 3 rings (SSSR count). The van der Waals surface area contributed by atoms with E-state index in [9.17, 15) is 9.90 Å². The van der Waals surface area contributed by atoms with Gasteiger partial charge >= 0.3 is 0 Å². The molecule has 2 fully saturated rings. The van der Waals surface area contributed by atoms with Gasteiger partial charge in [-0.05, 0) is 38.3 Å². The van der Waals surface area contributed by atoms with E-state index in [-0.39, 0.29) is 17.7 Å². The monoisotopic (exact) mass is 261 g/mol. The van der Waals surface area contributed by atoms with E-state index in [1.807, 2.05) is 4.90 Å². The van der Waals surface area contributed by atoms with Crippen molar-refractivity contribution in [1.82, 2.24) is 15.2 Å². The Kier molecular flexibility index (Phi) is 3.38. The number of nitrogens with zero attached hydrogens (tertiary/aromatic N) is 2. The largest absolute Gasteiger partial charge is 0.505 e. The predicted octanol–water partition coefficient (Wildman–Crippen LogP) is 1.14. The first-order valence-corrected chi connectivity index (χ1v) is 6.94. The number of nitrogens with one attached hydrogen (secondary N) is 1. The molecule has 5 heteroatoms. The number of rotatable bonds is 2. The highest BCUT2D eigenvalue weighted by atomic mass is 16.3. The van der Waals surface area contributed by atoms with E-state index in [2.05, 4.69) is 10.3 Å². The third-order valence-corrected chi connectivity index (χ3v) is 4.15. The summed E-state index contributed by atoms with van der Waals surface area (Å²) in [6.45, 7) is 1.83. The number of amides is 1. The predicted molar refractivity (Wildman–Crippen MR) is 71.0 cm³/mol.